The summed E-state index contributed by atoms with van der Waals surface area (Å²) in [5.41, 5.74) is 2.37. The predicted octanol–water partition coefficient (Wildman–Crippen LogP) is 7.16. The second-order valence-electron chi connectivity index (χ2n) is 9.13. The van der Waals surface area contributed by atoms with Crippen molar-refractivity contribution in [1.82, 2.24) is 4.98 Å². The lowest BCUT2D eigenvalue weighted by molar-refractivity contribution is -0.132. The van der Waals surface area contributed by atoms with Crippen molar-refractivity contribution >= 4 is 44.1 Å². The number of rotatable bonds is 5. The largest absolute Gasteiger partial charge is 0.507 e. The summed E-state index contributed by atoms with van der Waals surface area (Å²) in [6.45, 7) is 1.91. The number of aryl methyl sites for hydroxylation is 1. The maximum atomic E-state index is 13.9. The molecule has 4 aromatic carbocycles. The van der Waals surface area contributed by atoms with Crippen molar-refractivity contribution < 1.29 is 23.8 Å². The monoisotopic (exact) mass is 536 g/mol. The molecule has 1 saturated heterocycles. The molecule has 1 aromatic heterocycles. The summed E-state index contributed by atoms with van der Waals surface area (Å²) in [6.07, 6.45) is 0. The number of carbonyl (C=O) groups excluding carboxylic acids is 2. The van der Waals surface area contributed by atoms with E-state index in [2.05, 4.69) is 4.98 Å². The van der Waals surface area contributed by atoms with Crippen LogP contribution in [0.3, 0.4) is 0 Å². The van der Waals surface area contributed by atoms with Crippen molar-refractivity contribution in [3.8, 4) is 11.5 Å². The Morgan fingerprint density at radius 2 is 1.67 bits per heavy atom. The van der Waals surface area contributed by atoms with Crippen molar-refractivity contribution in [2.24, 2.45) is 0 Å². The first-order chi connectivity index (χ1) is 18.9. The molecule has 1 aliphatic heterocycles. The summed E-state index contributed by atoms with van der Waals surface area (Å²) in [7, 11) is 0. The molecular formula is C31H21FN2O4S. The molecule has 5 aromatic rings. The van der Waals surface area contributed by atoms with Crippen LogP contribution in [0.5, 0.6) is 11.5 Å². The summed E-state index contributed by atoms with van der Waals surface area (Å²) in [6, 6.07) is 26.4. The zero-order valence-electron chi connectivity index (χ0n) is 20.7. The number of aliphatic hydroxyl groups is 1. The molecule has 1 atom stereocenters. The molecule has 1 unspecified atom stereocenters. The number of benzene rings is 4. The summed E-state index contributed by atoms with van der Waals surface area (Å²) < 4.78 is 20.4. The SMILES string of the molecule is Cc1ccc(C(O)=C2C(=O)C(=O)N(c3nc4ccc(F)cc4s3)C2c2cccc(Oc3ccccc3)c2)cc1. The average molecular weight is 537 g/mol. The number of fused-ring (bicyclic) bond motifs is 1. The van der Waals surface area contributed by atoms with E-state index in [9.17, 15) is 19.1 Å². The van der Waals surface area contributed by atoms with Gasteiger partial charge in [-0.2, -0.15) is 0 Å². The number of Topliss-reactive ketones (excluding diaryl/α,β-unsaturated/α-hetero) is 1. The number of carbonyl (C=O) groups is 2. The van der Waals surface area contributed by atoms with Crippen LogP contribution < -0.4 is 9.64 Å². The lowest BCUT2D eigenvalue weighted by Gasteiger charge is -2.23. The minimum atomic E-state index is -0.990. The molecule has 0 spiro atoms. The highest BCUT2D eigenvalue weighted by atomic mass is 32.1. The normalized spacial score (nSPS) is 16.7. The molecule has 1 N–H and O–H groups in total. The number of ketones is 1. The second-order valence-corrected chi connectivity index (χ2v) is 10.1. The molecule has 2 heterocycles. The van der Waals surface area contributed by atoms with Crippen LogP contribution in [0, 0.1) is 12.7 Å². The number of hydrogen-bond acceptors (Lipinski definition) is 6. The van der Waals surface area contributed by atoms with Crippen LogP contribution in [0.1, 0.15) is 22.7 Å². The minimum Gasteiger partial charge on any atom is -0.507 e. The molecule has 0 radical (unpaired) electrons. The zero-order chi connectivity index (χ0) is 27.1. The fourth-order valence-corrected chi connectivity index (χ4v) is 5.59. The van der Waals surface area contributed by atoms with E-state index in [1.807, 2.05) is 49.4 Å². The summed E-state index contributed by atoms with van der Waals surface area (Å²) in [5, 5.41) is 11.6. The standard InChI is InChI=1S/C31H21FN2O4S/c1-18-10-12-19(13-11-18)28(35)26-27(20-6-5-9-23(16-20)38-22-7-3-2-4-8-22)34(30(37)29(26)36)31-33-24-15-14-21(32)17-25(24)39-31/h2-17,27,35H,1H3. The van der Waals surface area contributed by atoms with Crippen LogP contribution >= 0.6 is 11.3 Å². The van der Waals surface area contributed by atoms with Gasteiger partial charge in [-0.3, -0.25) is 14.5 Å². The molecule has 1 fully saturated rings. The van der Waals surface area contributed by atoms with Gasteiger partial charge < -0.3 is 9.84 Å². The Bertz CT molecular complexity index is 1760. The van der Waals surface area contributed by atoms with Gasteiger partial charge in [0, 0.05) is 5.56 Å². The number of para-hydroxylation sites is 1. The Labute approximate surface area is 227 Å². The Balaban J connectivity index is 1.52. The number of nitrogens with zero attached hydrogens (tertiary/aromatic N) is 2. The number of hydrogen-bond donors (Lipinski definition) is 1. The molecule has 6 rings (SSSR count). The van der Waals surface area contributed by atoms with E-state index in [-0.39, 0.29) is 16.5 Å². The van der Waals surface area contributed by atoms with Crippen LogP contribution in [0.2, 0.25) is 0 Å². The quantitative estimate of drug-likeness (QED) is 0.146. The number of aliphatic hydroxyl groups excluding tert-OH is 1. The van der Waals surface area contributed by atoms with Gasteiger partial charge in [0.1, 0.15) is 23.1 Å². The first-order valence-electron chi connectivity index (χ1n) is 12.2. The van der Waals surface area contributed by atoms with Gasteiger partial charge in [0.2, 0.25) is 0 Å². The summed E-state index contributed by atoms with van der Waals surface area (Å²) in [5.74, 6) is -1.27. The molecule has 0 aliphatic carbocycles. The van der Waals surface area contributed by atoms with Crippen LogP contribution in [-0.2, 0) is 9.59 Å². The van der Waals surface area contributed by atoms with Crippen LogP contribution in [0.25, 0.3) is 16.0 Å². The average Bonchev–Trinajstić information content (AvgIpc) is 3.47. The van der Waals surface area contributed by atoms with E-state index in [4.69, 9.17) is 4.74 Å². The fraction of sp³-hybridized carbons (Fsp3) is 0.0645. The molecule has 1 aliphatic rings. The number of thiazole rings is 1. The number of amides is 1. The Hall–Kier alpha value is -4.82. The number of aromatic nitrogens is 1. The highest BCUT2D eigenvalue weighted by Crippen LogP contribution is 2.45. The summed E-state index contributed by atoms with van der Waals surface area (Å²) in [4.78, 5) is 32.8. The van der Waals surface area contributed by atoms with E-state index in [1.165, 1.54) is 23.1 Å². The smallest absolute Gasteiger partial charge is 0.301 e. The van der Waals surface area contributed by atoms with Gasteiger partial charge in [-0.15, -0.1) is 0 Å². The molecule has 6 nitrogen and oxygen atoms in total. The minimum absolute atomic E-state index is 0.0637. The van der Waals surface area contributed by atoms with Crippen molar-refractivity contribution in [3.05, 3.63) is 125 Å². The maximum Gasteiger partial charge on any atom is 0.301 e. The molecular weight excluding hydrogens is 515 g/mol. The first-order valence-corrected chi connectivity index (χ1v) is 13.0. The predicted molar refractivity (Wildman–Crippen MR) is 148 cm³/mol. The van der Waals surface area contributed by atoms with Gasteiger partial charge in [0.15, 0.2) is 5.13 Å². The number of ether oxygens (including phenoxy) is 1. The van der Waals surface area contributed by atoms with Crippen molar-refractivity contribution in [3.63, 3.8) is 0 Å². The summed E-state index contributed by atoms with van der Waals surface area (Å²) >= 11 is 1.10. The molecule has 39 heavy (non-hydrogen) atoms. The van der Waals surface area contributed by atoms with Crippen LogP contribution in [-0.4, -0.2) is 21.8 Å². The Kier molecular flexibility index (Phi) is 6.17. The third-order valence-corrected chi connectivity index (χ3v) is 7.48. The van der Waals surface area contributed by atoms with Crippen molar-refractivity contribution in [2.45, 2.75) is 13.0 Å². The molecule has 0 saturated carbocycles. The highest BCUT2D eigenvalue weighted by molar-refractivity contribution is 7.22. The number of anilines is 1. The lowest BCUT2D eigenvalue weighted by atomic mass is 9.95. The van der Waals surface area contributed by atoms with E-state index in [0.717, 1.165) is 16.9 Å². The second kappa shape index (κ2) is 9.81. The molecule has 1 amide bonds. The topological polar surface area (TPSA) is 79.7 Å². The van der Waals surface area contributed by atoms with Gasteiger partial charge in [-0.05, 0) is 55.0 Å². The van der Waals surface area contributed by atoms with Crippen molar-refractivity contribution in [1.29, 1.82) is 0 Å². The van der Waals surface area contributed by atoms with E-state index in [0.29, 0.717) is 32.8 Å². The Morgan fingerprint density at radius 1 is 0.923 bits per heavy atom. The first kappa shape index (κ1) is 24.5. The van der Waals surface area contributed by atoms with Crippen LogP contribution in [0.15, 0.2) is 103 Å². The van der Waals surface area contributed by atoms with Crippen molar-refractivity contribution in [2.75, 3.05) is 4.90 Å². The van der Waals surface area contributed by atoms with Gasteiger partial charge >= 0.3 is 5.91 Å². The van der Waals surface area contributed by atoms with E-state index in [1.54, 1.807) is 36.4 Å². The maximum absolute atomic E-state index is 13.9. The highest BCUT2D eigenvalue weighted by Gasteiger charge is 2.48. The van der Waals surface area contributed by atoms with E-state index >= 15 is 0 Å². The Morgan fingerprint density at radius 3 is 2.44 bits per heavy atom. The zero-order valence-corrected chi connectivity index (χ0v) is 21.5. The third kappa shape index (κ3) is 4.55. The van der Waals surface area contributed by atoms with E-state index < -0.39 is 23.5 Å². The van der Waals surface area contributed by atoms with Gasteiger partial charge in [0.25, 0.3) is 5.78 Å². The molecule has 192 valence electrons. The number of halogens is 1. The molecule has 0 bridgehead atoms. The van der Waals surface area contributed by atoms with Crippen LogP contribution in [0.4, 0.5) is 9.52 Å². The van der Waals surface area contributed by atoms with Gasteiger partial charge in [0.05, 0.1) is 21.8 Å². The lowest BCUT2D eigenvalue weighted by Crippen LogP contribution is -2.29. The van der Waals surface area contributed by atoms with Gasteiger partial charge in [-0.1, -0.05) is 71.5 Å². The third-order valence-electron chi connectivity index (χ3n) is 6.47. The molecule has 8 heteroatoms. The fourth-order valence-electron chi connectivity index (χ4n) is 4.57. The van der Waals surface area contributed by atoms with Gasteiger partial charge in [-0.25, -0.2) is 9.37 Å².